The third kappa shape index (κ3) is 3.17. The zero-order valence-electron chi connectivity index (χ0n) is 16.5. The molecule has 10 heteroatoms. The van der Waals surface area contributed by atoms with Gasteiger partial charge in [0.15, 0.2) is 11.6 Å². The SMILES string of the molecule is CC1=CC(=O)N(Nc2nc(-c3cccs3)nc3sc(N4CCOCC4)c(C)c23)C1=O. The molecule has 5 heterocycles. The van der Waals surface area contributed by atoms with E-state index < -0.39 is 5.91 Å². The first-order valence-corrected chi connectivity index (χ1v) is 11.2. The van der Waals surface area contributed by atoms with Crippen LogP contribution < -0.4 is 10.3 Å². The van der Waals surface area contributed by atoms with Gasteiger partial charge in [0.1, 0.15) is 4.83 Å². The number of nitrogens with zero attached hydrogens (tertiary/aromatic N) is 4. The zero-order chi connectivity index (χ0) is 20.8. The molecule has 0 spiro atoms. The summed E-state index contributed by atoms with van der Waals surface area (Å²) in [4.78, 5) is 38.2. The lowest BCUT2D eigenvalue weighted by Crippen LogP contribution is -2.37. The standard InChI is InChI=1S/C20H19N5O3S2/c1-11-10-14(26)25(19(11)27)23-17-15-12(2)20(24-5-7-28-8-6-24)30-18(15)22-16(21-17)13-4-3-9-29-13/h3-4,9-10H,5-8H2,1-2H3,(H,21,22,23). The van der Waals surface area contributed by atoms with Crippen molar-refractivity contribution in [1.29, 1.82) is 0 Å². The topological polar surface area (TPSA) is 87.7 Å². The summed E-state index contributed by atoms with van der Waals surface area (Å²) in [7, 11) is 0. The molecule has 1 saturated heterocycles. The van der Waals surface area contributed by atoms with Crippen LogP contribution >= 0.6 is 22.7 Å². The van der Waals surface area contributed by atoms with E-state index in [0.717, 1.165) is 43.8 Å². The molecule has 0 aromatic carbocycles. The molecule has 3 aromatic rings. The highest BCUT2D eigenvalue weighted by Gasteiger charge is 2.31. The number of aromatic nitrogens is 2. The van der Waals surface area contributed by atoms with Gasteiger partial charge in [-0.05, 0) is 30.9 Å². The molecule has 1 N–H and O–H groups in total. The first kappa shape index (κ1) is 19.2. The Bertz CT molecular complexity index is 1180. The lowest BCUT2D eigenvalue weighted by molar-refractivity contribution is -0.135. The lowest BCUT2D eigenvalue weighted by atomic mass is 10.2. The molecule has 0 atom stereocenters. The molecule has 0 aliphatic carbocycles. The Kier molecular flexibility index (Phi) is 4.76. The third-order valence-electron chi connectivity index (χ3n) is 5.12. The minimum absolute atomic E-state index is 0.370. The molecule has 2 aliphatic heterocycles. The smallest absolute Gasteiger partial charge is 0.275 e. The number of thiophene rings is 2. The van der Waals surface area contributed by atoms with Gasteiger partial charge in [-0.2, -0.15) is 5.01 Å². The van der Waals surface area contributed by atoms with E-state index in [2.05, 4.69) is 10.3 Å². The lowest BCUT2D eigenvalue weighted by Gasteiger charge is -2.28. The molecule has 0 radical (unpaired) electrons. The molecule has 2 aliphatic rings. The van der Waals surface area contributed by atoms with Crippen LogP contribution in [0, 0.1) is 6.92 Å². The summed E-state index contributed by atoms with van der Waals surface area (Å²) >= 11 is 3.14. The molecule has 0 bridgehead atoms. The number of fused-ring (bicyclic) bond motifs is 1. The van der Waals surface area contributed by atoms with E-state index in [9.17, 15) is 9.59 Å². The number of morpholine rings is 1. The van der Waals surface area contributed by atoms with Crippen molar-refractivity contribution in [3.8, 4) is 10.7 Å². The van der Waals surface area contributed by atoms with E-state index in [1.54, 1.807) is 29.6 Å². The van der Waals surface area contributed by atoms with Gasteiger partial charge in [0.2, 0.25) is 0 Å². The van der Waals surface area contributed by atoms with Crippen LogP contribution in [0.25, 0.3) is 20.9 Å². The van der Waals surface area contributed by atoms with Gasteiger partial charge in [0, 0.05) is 24.7 Å². The molecule has 5 rings (SSSR count). The Labute approximate surface area is 180 Å². The van der Waals surface area contributed by atoms with Crippen LogP contribution in [0.5, 0.6) is 0 Å². The van der Waals surface area contributed by atoms with Crippen LogP contribution in [0.4, 0.5) is 10.8 Å². The summed E-state index contributed by atoms with van der Waals surface area (Å²) in [5.74, 6) is 0.258. The molecule has 8 nitrogen and oxygen atoms in total. The van der Waals surface area contributed by atoms with Crippen molar-refractivity contribution in [2.24, 2.45) is 0 Å². The number of aryl methyl sites for hydroxylation is 1. The zero-order valence-corrected chi connectivity index (χ0v) is 18.1. The van der Waals surface area contributed by atoms with Crippen LogP contribution in [0.1, 0.15) is 12.5 Å². The Morgan fingerprint density at radius 2 is 1.97 bits per heavy atom. The number of anilines is 2. The van der Waals surface area contributed by atoms with Gasteiger partial charge in [-0.3, -0.25) is 15.0 Å². The molecule has 2 amide bonds. The van der Waals surface area contributed by atoms with Crippen LogP contribution in [0.2, 0.25) is 0 Å². The largest absolute Gasteiger partial charge is 0.378 e. The van der Waals surface area contributed by atoms with Crippen LogP contribution in [0.3, 0.4) is 0 Å². The Balaban J connectivity index is 1.64. The molecule has 0 saturated carbocycles. The number of hydrazine groups is 1. The van der Waals surface area contributed by atoms with Crippen molar-refractivity contribution in [3.05, 3.63) is 34.7 Å². The maximum Gasteiger partial charge on any atom is 0.275 e. The van der Waals surface area contributed by atoms with Crippen LogP contribution in [0.15, 0.2) is 29.2 Å². The number of carbonyl (C=O) groups is 2. The maximum absolute atomic E-state index is 12.4. The monoisotopic (exact) mass is 441 g/mol. The van der Waals surface area contributed by atoms with Crippen LogP contribution in [-0.2, 0) is 14.3 Å². The normalized spacial score (nSPS) is 17.2. The first-order valence-electron chi connectivity index (χ1n) is 9.54. The molecule has 0 unspecified atom stereocenters. The molecule has 154 valence electrons. The predicted octanol–water partition coefficient (Wildman–Crippen LogP) is 3.21. The van der Waals surface area contributed by atoms with Crippen molar-refractivity contribution in [3.63, 3.8) is 0 Å². The van der Waals surface area contributed by atoms with Gasteiger partial charge >= 0.3 is 0 Å². The molecule has 3 aromatic heterocycles. The van der Waals surface area contributed by atoms with Crippen molar-refractivity contribution < 1.29 is 14.3 Å². The van der Waals surface area contributed by atoms with Crippen molar-refractivity contribution in [2.75, 3.05) is 36.6 Å². The van der Waals surface area contributed by atoms with Gasteiger partial charge in [-0.15, -0.1) is 11.3 Å². The highest BCUT2D eigenvalue weighted by Crippen LogP contribution is 2.41. The van der Waals surface area contributed by atoms with Crippen molar-refractivity contribution >= 4 is 55.5 Å². The minimum Gasteiger partial charge on any atom is -0.378 e. The fourth-order valence-corrected chi connectivity index (χ4v) is 5.48. The molecule has 30 heavy (non-hydrogen) atoms. The number of rotatable bonds is 4. The Morgan fingerprint density at radius 3 is 2.63 bits per heavy atom. The highest BCUT2D eigenvalue weighted by atomic mass is 32.1. The molecular weight excluding hydrogens is 422 g/mol. The van der Waals surface area contributed by atoms with Crippen LogP contribution in [-0.4, -0.2) is 53.1 Å². The second-order valence-electron chi connectivity index (χ2n) is 7.10. The Hall–Kier alpha value is -2.82. The van der Waals surface area contributed by atoms with Gasteiger partial charge in [0.05, 0.1) is 28.5 Å². The number of ether oxygens (including phenoxy) is 1. The summed E-state index contributed by atoms with van der Waals surface area (Å²) in [5, 5.41) is 4.92. The van der Waals surface area contributed by atoms with Gasteiger partial charge in [0.25, 0.3) is 11.8 Å². The van der Waals surface area contributed by atoms with E-state index in [1.807, 2.05) is 24.4 Å². The third-order valence-corrected chi connectivity index (χ3v) is 7.24. The van der Waals surface area contributed by atoms with Crippen molar-refractivity contribution in [2.45, 2.75) is 13.8 Å². The summed E-state index contributed by atoms with van der Waals surface area (Å²) in [6, 6.07) is 3.90. The first-order chi connectivity index (χ1) is 14.5. The second-order valence-corrected chi connectivity index (χ2v) is 9.03. The molecule has 1 fully saturated rings. The van der Waals surface area contributed by atoms with E-state index in [-0.39, 0.29) is 5.91 Å². The second kappa shape index (κ2) is 7.46. The summed E-state index contributed by atoms with van der Waals surface area (Å²) in [5.41, 5.74) is 4.40. The minimum atomic E-state index is -0.400. The average Bonchev–Trinajstić information content (AvgIpc) is 3.45. The fraction of sp³-hybridized carbons (Fsp3) is 0.300. The quantitative estimate of drug-likeness (QED) is 0.622. The number of hydrogen-bond acceptors (Lipinski definition) is 9. The Morgan fingerprint density at radius 1 is 1.17 bits per heavy atom. The number of nitrogens with one attached hydrogen (secondary N) is 1. The van der Waals surface area contributed by atoms with Gasteiger partial charge < -0.3 is 9.64 Å². The van der Waals surface area contributed by atoms with E-state index in [1.165, 1.54) is 6.08 Å². The maximum atomic E-state index is 12.4. The number of amides is 2. The molecular formula is C20H19N5O3S2. The number of imide groups is 1. The highest BCUT2D eigenvalue weighted by molar-refractivity contribution is 7.22. The average molecular weight is 442 g/mol. The fourth-order valence-electron chi connectivity index (χ4n) is 3.59. The van der Waals surface area contributed by atoms with E-state index >= 15 is 0 Å². The summed E-state index contributed by atoms with van der Waals surface area (Å²) in [6.07, 6.45) is 1.33. The van der Waals surface area contributed by atoms with Gasteiger partial charge in [-0.25, -0.2) is 9.97 Å². The number of carbonyl (C=O) groups excluding carboxylic acids is 2. The predicted molar refractivity (Wildman–Crippen MR) is 118 cm³/mol. The number of hydrogen-bond donors (Lipinski definition) is 1. The summed E-state index contributed by atoms with van der Waals surface area (Å²) in [6.45, 7) is 6.65. The van der Waals surface area contributed by atoms with Crippen molar-refractivity contribution in [1.82, 2.24) is 15.0 Å². The summed E-state index contributed by atoms with van der Waals surface area (Å²) < 4.78 is 5.49. The van der Waals surface area contributed by atoms with Gasteiger partial charge in [-0.1, -0.05) is 17.4 Å². The van der Waals surface area contributed by atoms with E-state index in [0.29, 0.717) is 30.4 Å². The van der Waals surface area contributed by atoms with E-state index in [4.69, 9.17) is 14.7 Å².